The molecule has 0 amide bonds. The molecule has 5 nitrogen and oxygen atoms in total. The van der Waals surface area contributed by atoms with Crippen LogP contribution in [-0.2, 0) is 0 Å². The molecule has 4 heterocycles. The highest BCUT2D eigenvalue weighted by atomic mass is 16.3. The van der Waals surface area contributed by atoms with Crippen LogP contribution in [0.4, 0.5) is 11.4 Å². The van der Waals surface area contributed by atoms with Crippen molar-refractivity contribution < 1.29 is 4.42 Å². The van der Waals surface area contributed by atoms with Gasteiger partial charge in [-0.2, -0.15) is 0 Å². The van der Waals surface area contributed by atoms with Crippen LogP contribution in [0.25, 0.3) is 55.0 Å². The van der Waals surface area contributed by atoms with Gasteiger partial charge in [-0.15, -0.1) is 0 Å². The van der Waals surface area contributed by atoms with Crippen molar-refractivity contribution in [3.05, 3.63) is 192 Å². The summed E-state index contributed by atoms with van der Waals surface area (Å²) in [6.07, 6.45) is 11.0. The topological polar surface area (TPSA) is 46.0 Å². The van der Waals surface area contributed by atoms with Gasteiger partial charge in [-0.1, -0.05) is 122 Å². The van der Waals surface area contributed by atoms with E-state index in [-0.39, 0.29) is 18.8 Å². The minimum Gasteiger partial charge on any atom is -0.456 e. The van der Waals surface area contributed by atoms with E-state index in [1.54, 1.807) is 0 Å². The summed E-state index contributed by atoms with van der Waals surface area (Å²) >= 11 is 0. The fraction of sp³-hybridized carbons (Fsp3) is 0.115. The van der Waals surface area contributed by atoms with E-state index in [4.69, 9.17) is 14.4 Å². The average Bonchev–Trinajstić information content (AvgIpc) is 3.83. The van der Waals surface area contributed by atoms with E-state index in [2.05, 4.69) is 181 Å². The minimum absolute atomic E-state index is 0.101. The van der Waals surface area contributed by atoms with Crippen molar-refractivity contribution in [1.29, 1.82) is 0 Å². The van der Waals surface area contributed by atoms with E-state index in [0.29, 0.717) is 0 Å². The molecule has 0 N–H and O–H groups in total. The monoisotopic (exact) mass is 746 g/mol. The van der Waals surface area contributed by atoms with Crippen LogP contribution in [0.1, 0.15) is 30.9 Å². The predicted octanol–water partition coefficient (Wildman–Crippen LogP) is 12.9. The first kappa shape index (κ1) is 33.2. The summed E-state index contributed by atoms with van der Waals surface area (Å²) in [5.74, 6) is 0.104. The van der Waals surface area contributed by atoms with Gasteiger partial charge in [0.2, 0.25) is 0 Å². The number of fused-ring (bicyclic) bond motifs is 9. The maximum Gasteiger partial charge on any atom is 0.287 e. The summed E-state index contributed by atoms with van der Waals surface area (Å²) in [6.45, 7) is 4.84. The zero-order valence-electron chi connectivity index (χ0n) is 32.4. The summed E-state index contributed by atoms with van der Waals surface area (Å²) in [7, 11) is 0. The second kappa shape index (κ2) is 12.8. The molecule has 8 aromatic rings. The third-order valence-electron chi connectivity index (χ3n) is 12.8. The van der Waals surface area contributed by atoms with Crippen molar-refractivity contribution in [2.45, 2.75) is 32.6 Å². The Morgan fingerprint density at radius 3 is 2.19 bits per heavy atom. The number of rotatable bonds is 4. The molecule has 0 radical (unpaired) electrons. The predicted molar refractivity (Wildman–Crippen MR) is 243 cm³/mol. The van der Waals surface area contributed by atoms with Crippen LogP contribution in [0.3, 0.4) is 0 Å². The first-order chi connectivity index (χ1) is 28.6. The smallest absolute Gasteiger partial charge is 0.287 e. The van der Waals surface area contributed by atoms with Gasteiger partial charge in [0.05, 0.1) is 34.2 Å². The second-order valence-electron chi connectivity index (χ2n) is 16.0. The number of hydrogen-bond acceptors (Lipinski definition) is 4. The van der Waals surface area contributed by atoms with Crippen LogP contribution < -0.4 is 4.81 Å². The fourth-order valence-corrected chi connectivity index (χ4v) is 10.3. The number of hydrogen-bond donors (Lipinski definition) is 0. The highest BCUT2D eigenvalue weighted by molar-refractivity contribution is 6.73. The lowest BCUT2D eigenvalue weighted by atomic mass is 9.46. The number of allylic oxidation sites excluding steroid dienone is 6. The molecule has 2 aliphatic carbocycles. The maximum atomic E-state index is 6.40. The molecule has 6 aromatic carbocycles. The fourth-order valence-electron chi connectivity index (χ4n) is 10.3. The summed E-state index contributed by atoms with van der Waals surface area (Å²) < 4.78 is 8.83. The van der Waals surface area contributed by atoms with Crippen LogP contribution in [0.5, 0.6) is 0 Å². The van der Waals surface area contributed by atoms with Crippen LogP contribution in [0.15, 0.2) is 195 Å². The molecule has 2 unspecified atom stereocenters. The molecule has 276 valence electrons. The summed E-state index contributed by atoms with van der Waals surface area (Å²) in [5.41, 5.74) is 16.8. The van der Waals surface area contributed by atoms with E-state index < -0.39 is 0 Å². The normalized spacial score (nSPS) is 18.9. The number of aromatic nitrogens is 1. The van der Waals surface area contributed by atoms with Crippen molar-refractivity contribution in [2.24, 2.45) is 15.9 Å². The molecule has 0 saturated carbocycles. The molecule has 2 aliphatic heterocycles. The highest BCUT2D eigenvalue weighted by Crippen LogP contribution is 2.50. The third-order valence-corrected chi connectivity index (χ3v) is 12.8. The Morgan fingerprint density at radius 2 is 1.41 bits per heavy atom. The van der Waals surface area contributed by atoms with Crippen molar-refractivity contribution in [2.75, 3.05) is 4.81 Å². The molecular formula is C52H39BN4O. The number of nitrogens with zero attached hydrogens (tertiary/aromatic N) is 4. The van der Waals surface area contributed by atoms with Crippen LogP contribution >= 0.6 is 0 Å². The van der Waals surface area contributed by atoms with Crippen molar-refractivity contribution in [3.8, 4) is 5.69 Å². The maximum absolute atomic E-state index is 6.40. The molecule has 58 heavy (non-hydrogen) atoms. The number of aliphatic imine (C=N–C) groups is 2. The summed E-state index contributed by atoms with van der Waals surface area (Å²) in [4.78, 5) is 14.0. The van der Waals surface area contributed by atoms with Crippen molar-refractivity contribution in [3.63, 3.8) is 0 Å². The first-order valence-electron chi connectivity index (χ1n) is 20.5. The molecule has 2 atom stereocenters. The zero-order chi connectivity index (χ0) is 38.5. The molecule has 0 spiro atoms. The Hall–Kier alpha value is -6.92. The number of benzene rings is 6. The summed E-state index contributed by atoms with van der Waals surface area (Å²) in [5, 5.41) is 4.70. The van der Waals surface area contributed by atoms with Gasteiger partial charge >= 0.3 is 0 Å². The quantitative estimate of drug-likeness (QED) is 0.168. The van der Waals surface area contributed by atoms with Gasteiger partial charge in [0.15, 0.2) is 0 Å². The van der Waals surface area contributed by atoms with Crippen LogP contribution in [-0.4, -0.2) is 28.9 Å². The van der Waals surface area contributed by atoms with Crippen LogP contribution in [0.2, 0.25) is 6.82 Å². The standard InChI is InChI=1S/C52H39BN4O/c1-32-49-41(31-42-50(32)55-51(33-16-5-3-6-17-33)52(54-42)39-23-15-27-47-48(39)38-22-11-14-26-46(38)58-47)40-30-35(28-29-45(40)57(53(49)2)34-18-7-4-8-19-34)56-43-24-12-9-20-36(43)37-21-10-13-25-44(37)56/h3-5,7-16,18-32,50H,6,17H2,1-2H3. The minimum atomic E-state index is -0.119. The van der Waals surface area contributed by atoms with Crippen molar-refractivity contribution in [1.82, 2.24) is 4.57 Å². The number of para-hydroxylation sites is 4. The van der Waals surface area contributed by atoms with E-state index >= 15 is 0 Å². The van der Waals surface area contributed by atoms with Gasteiger partial charge in [0.25, 0.3) is 6.85 Å². The molecule has 0 bridgehead atoms. The Kier molecular flexibility index (Phi) is 7.34. The van der Waals surface area contributed by atoms with E-state index in [9.17, 15) is 0 Å². The Morgan fingerprint density at radius 1 is 0.690 bits per heavy atom. The van der Waals surface area contributed by atoms with E-state index in [1.807, 2.05) is 6.07 Å². The Balaban J connectivity index is 1.10. The van der Waals surface area contributed by atoms with Gasteiger partial charge in [-0.3, -0.25) is 4.99 Å². The Bertz CT molecular complexity index is 3170. The van der Waals surface area contributed by atoms with Gasteiger partial charge in [0.1, 0.15) is 11.2 Å². The largest absolute Gasteiger partial charge is 0.456 e. The third kappa shape index (κ3) is 4.84. The van der Waals surface area contributed by atoms with Gasteiger partial charge < -0.3 is 13.8 Å². The van der Waals surface area contributed by atoms with Gasteiger partial charge in [-0.05, 0) is 90.6 Å². The molecular weight excluding hydrogens is 707 g/mol. The first-order valence-corrected chi connectivity index (χ1v) is 20.5. The Labute approximate surface area is 337 Å². The molecule has 0 fully saturated rings. The van der Waals surface area contributed by atoms with Gasteiger partial charge in [-0.25, -0.2) is 4.99 Å². The number of furan rings is 1. The van der Waals surface area contributed by atoms with Crippen molar-refractivity contribution >= 4 is 79.0 Å². The molecule has 6 heteroatoms. The average molecular weight is 747 g/mol. The SMILES string of the molecule is CB1C2=C(C=C3N=C(c4cccc5oc6ccccc6c45)C(C4=CC=CCC4)=NC3C2C)c2cc(-n3c4ccccc4c4ccccc43)ccc2N1c1ccccc1. The molecule has 4 aliphatic rings. The second-order valence-corrected chi connectivity index (χ2v) is 16.0. The number of anilines is 2. The van der Waals surface area contributed by atoms with Crippen LogP contribution in [0, 0.1) is 5.92 Å². The molecule has 0 saturated heterocycles. The highest BCUT2D eigenvalue weighted by Gasteiger charge is 2.43. The lowest BCUT2D eigenvalue weighted by Gasteiger charge is -2.44. The summed E-state index contributed by atoms with van der Waals surface area (Å²) in [6, 6.07) is 50.0. The van der Waals surface area contributed by atoms with E-state index in [0.717, 1.165) is 63.2 Å². The lowest BCUT2D eigenvalue weighted by Crippen LogP contribution is -2.45. The van der Waals surface area contributed by atoms with E-state index in [1.165, 1.54) is 55.4 Å². The zero-order valence-corrected chi connectivity index (χ0v) is 32.4. The molecule has 2 aromatic heterocycles. The van der Waals surface area contributed by atoms with Gasteiger partial charge in [0, 0.05) is 49.7 Å². The molecule has 12 rings (SSSR count). The lowest BCUT2D eigenvalue weighted by molar-refractivity contribution is 0.581.